The molecule has 2 aromatic carbocycles. The summed E-state index contributed by atoms with van der Waals surface area (Å²) in [5, 5.41) is 2.63. The number of nitrogen functional groups attached to an aromatic ring is 1. The van der Waals surface area contributed by atoms with E-state index >= 15 is 0 Å². The lowest BCUT2D eigenvalue weighted by Crippen LogP contribution is -2.20. The van der Waals surface area contributed by atoms with Gasteiger partial charge in [0.05, 0.1) is 5.69 Å². The van der Waals surface area contributed by atoms with Gasteiger partial charge < -0.3 is 15.8 Å². The number of carbonyl (C=O) groups excluding carboxylic acids is 1. The highest BCUT2D eigenvalue weighted by Gasteiger charge is 2.10. The van der Waals surface area contributed by atoms with Crippen LogP contribution in [0, 0.1) is 5.82 Å². The van der Waals surface area contributed by atoms with Crippen molar-refractivity contribution in [2.45, 2.75) is 0 Å². The summed E-state index contributed by atoms with van der Waals surface area (Å²) in [6.45, 7) is -0.318. The molecule has 4 nitrogen and oxygen atoms in total. The summed E-state index contributed by atoms with van der Waals surface area (Å²) in [5.74, 6) is -1.10. The van der Waals surface area contributed by atoms with Crippen LogP contribution in [-0.2, 0) is 4.79 Å². The zero-order valence-electron chi connectivity index (χ0n) is 10.4. The van der Waals surface area contributed by atoms with Crippen LogP contribution in [-0.4, -0.2) is 12.5 Å². The Kier molecular flexibility index (Phi) is 4.57. The Morgan fingerprint density at radius 2 is 1.95 bits per heavy atom. The lowest BCUT2D eigenvalue weighted by molar-refractivity contribution is -0.118. The Bertz CT molecular complexity index is 597. The van der Waals surface area contributed by atoms with Crippen molar-refractivity contribution in [1.29, 1.82) is 0 Å². The number of nitrogens with one attached hydrogen (secondary N) is 1. The summed E-state index contributed by atoms with van der Waals surface area (Å²) in [6, 6.07) is 11.3. The van der Waals surface area contributed by atoms with Gasteiger partial charge in [0.1, 0.15) is 0 Å². The maximum absolute atomic E-state index is 13.4. The molecule has 0 spiro atoms. The second kappa shape index (κ2) is 6.38. The van der Waals surface area contributed by atoms with Gasteiger partial charge in [0.25, 0.3) is 5.91 Å². The van der Waals surface area contributed by atoms with E-state index in [1.807, 2.05) is 0 Å². The molecule has 2 rings (SSSR count). The Labute approximate surface area is 123 Å². The first-order valence-electron chi connectivity index (χ1n) is 5.78. The maximum atomic E-state index is 13.4. The molecule has 0 radical (unpaired) electrons. The van der Waals surface area contributed by atoms with Gasteiger partial charge in [-0.1, -0.05) is 22.0 Å². The average molecular weight is 339 g/mol. The number of anilines is 2. The molecule has 0 aliphatic carbocycles. The number of halogens is 2. The molecule has 0 aliphatic rings. The lowest BCUT2D eigenvalue weighted by atomic mass is 10.3. The SMILES string of the molecule is Nc1cccc(F)c1OCC(=O)Nc1ccc(Br)cc1. The molecule has 0 heterocycles. The highest BCUT2D eigenvalue weighted by molar-refractivity contribution is 9.10. The van der Waals surface area contributed by atoms with E-state index in [0.29, 0.717) is 5.69 Å². The van der Waals surface area contributed by atoms with Crippen LogP contribution in [0.2, 0.25) is 0 Å². The van der Waals surface area contributed by atoms with Crippen molar-refractivity contribution in [2.75, 3.05) is 17.7 Å². The van der Waals surface area contributed by atoms with E-state index in [-0.39, 0.29) is 18.0 Å². The van der Waals surface area contributed by atoms with Crippen LogP contribution < -0.4 is 15.8 Å². The molecule has 20 heavy (non-hydrogen) atoms. The van der Waals surface area contributed by atoms with E-state index < -0.39 is 11.7 Å². The van der Waals surface area contributed by atoms with Gasteiger partial charge in [-0.2, -0.15) is 0 Å². The van der Waals surface area contributed by atoms with Gasteiger partial charge in [0.15, 0.2) is 18.2 Å². The van der Waals surface area contributed by atoms with Crippen LogP contribution in [0.15, 0.2) is 46.9 Å². The monoisotopic (exact) mass is 338 g/mol. The fourth-order valence-corrected chi connectivity index (χ4v) is 1.81. The number of rotatable bonds is 4. The van der Waals surface area contributed by atoms with Gasteiger partial charge in [0, 0.05) is 10.2 Å². The van der Waals surface area contributed by atoms with Crippen LogP contribution in [0.3, 0.4) is 0 Å². The minimum absolute atomic E-state index is 0.113. The van der Waals surface area contributed by atoms with Crippen LogP contribution in [0.5, 0.6) is 5.75 Å². The predicted molar refractivity (Wildman–Crippen MR) is 79.1 cm³/mol. The van der Waals surface area contributed by atoms with E-state index in [0.717, 1.165) is 4.47 Å². The number of ether oxygens (including phenoxy) is 1. The van der Waals surface area contributed by atoms with Gasteiger partial charge in [-0.25, -0.2) is 4.39 Å². The van der Waals surface area contributed by atoms with Gasteiger partial charge in [0.2, 0.25) is 0 Å². The van der Waals surface area contributed by atoms with Crippen LogP contribution in [0.25, 0.3) is 0 Å². The summed E-state index contributed by atoms with van der Waals surface area (Å²) < 4.78 is 19.4. The van der Waals surface area contributed by atoms with Crippen LogP contribution in [0.1, 0.15) is 0 Å². The number of carbonyl (C=O) groups is 1. The second-order valence-electron chi connectivity index (χ2n) is 4.00. The first kappa shape index (κ1) is 14.3. The summed E-state index contributed by atoms with van der Waals surface area (Å²) in [7, 11) is 0. The van der Waals surface area contributed by atoms with E-state index in [4.69, 9.17) is 10.5 Å². The van der Waals surface area contributed by atoms with E-state index in [1.165, 1.54) is 18.2 Å². The number of nitrogens with two attached hydrogens (primary N) is 1. The number of hydrogen-bond donors (Lipinski definition) is 2. The normalized spacial score (nSPS) is 10.1. The van der Waals surface area contributed by atoms with Crippen molar-refractivity contribution in [3.05, 3.63) is 52.8 Å². The molecule has 0 atom stereocenters. The highest BCUT2D eigenvalue weighted by Crippen LogP contribution is 2.24. The van der Waals surface area contributed by atoms with Gasteiger partial charge >= 0.3 is 0 Å². The number of hydrogen-bond acceptors (Lipinski definition) is 3. The fraction of sp³-hybridized carbons (Fsp3) is 0.0714. The highest BCUT2D eigenvalue weighted by atomic mass is 79.9. The molecule has 0 fully saturated rings. The van der Waals surface area contributed by atoms with E-state index in [9.17, 15) is 9.18 Å². The van der Waals surface area contributed by atoms with Crippen molar-refractivity contribution in [2.24, 2.45) is 0 Å². The van der Waals surface area contributed by atoms with Crippen LogP contribution in [0.4, 0.5) is 15.8 Å². The predicted octanol–water partition coefficient (Wildman–Crippen LogP) is 3.19. The van der Waals surface area contributed by atoms with Crippen molar-refractivity contribution in [3.8, 4) is 5.75 Å². The third-order valence-electron chi connectivity index (χ3n) is 2.47. The number of para-hydroxylation sites is 1. The lowest BCUT2D eigenvalue weighted by Gasteiger charge is -2.10. The fourth-order valence-electron chi connectivity index (χ4n) is 1.55. The largest absolute Gasteiger partial charge is 0.479 e. The summed E-state index contributed by atoms with van der Waals surface area (Å²) >= 11 is 3.30. The standard InChI is InChI=1S/C14H12BrFN2O2/c15-9-4-6-10(7-5-9)18-13(19)8-20-14-11(16)2-1-3-12(14)17/h1-7H,8,17H2,(H,18,19). The molecule has 0 aliphatic heterocycles. The smallest absolute Gasteiger partial charge is 0.262 e. The third-order valence-corrected chi connectivity index (χ3v) is 3.00. The minimum atomic E-state index is -0.596. The third kappa shape index (κ3) is 3.71. The summed E-state index contributed by atoms with van der Waals surface area (Å²) in [6.07, 6.45) is 0. The summed E-state index contributed by atoms with van der Waals surface area (Å²) in [5.41, 5.74) is 6.36. The molecule has 0 unspecified atom stereocenters. The van der Waals surface area contributed by atoms with Crippen molar-refractivity contribution >= 4 is 33.2 Å². The topological polar surface area (TPSA) is 64.3 Å². The molecule has 2 aromatic rings. The summed E-state index contributed by atoms with van der Waals surface area (Å²) in [4.78, 5) is 11.7. The van der Waals surface area contributed by atoms with Crippen molar-refractivity contribution in [1.82, 2.24) is 0 Å². The van der Waals surface area contributed by atoms with Gasteiger partial charge in [-0.05, 0) is 36.4 Å². The molecule has 0 saturated carbocycles. The van der Waals surface area contributed by atoms with E-state index in [2.05, 4.69) is 21.2 Å². The molecule has 3 N–H and O–H groups in total. The van der Waals surface area contributed by atoms with Gasteiger partial charge in [-0.3, -0.25) is 4.79 Å². The Balaban J connectivity index is 1.94. The molecule has 104 valence electrons. The first-order chi connectivity index (χ1) is 9.56. The zero-order chi connectivity index (χ0) is 14.5. The Morgan fingerprint density at radius 3 is 2.60 bits per heavy atom. The second-order valence-corrected chi connectivity index (χ2v) is 4.92. The van der Waals surface area contributed by atoms with Crippen molar-refractivity contribution < 1.29 is 13.9 Å². The van der Waals surface area contributed by atoms with E-state index in [1.54, 1.807) is 24.3 Å². The molecular weight excluding hydrogens is 327 g/mol. The molecule has 1 amide bonds. The maximum Gasteiger partial charge on any atom is 0.262 e. The first-order valence-corrected chi connectivity index (χ1v) is 6.58. The average Bonchev–Trinajstić information content (AvgIpc) is 2.41. The Morgan fingerprint density at radius 1 is 1.25 bits per heavy atom. The van der Waals surface area contributed by atoms with Crippen molar-refractivity contribution in [3.63, 3.8) is 0 Å². The zero-order valence-corrected chi connectivity index (χ0v) is 12.0. The minimum Gasteiger partial charge on any atom is -0.479 e. The quantitative estimate of drug-likeness (QED) is 0.841. The number of benzene rings is 2. The Hall–Kier alpha value is -2.08. The van der Waals surface area contributed by atoms with Crippen LogP contribution >= 0.6 is 15.9 Å². The van der Waals surface area contributed by atoms with Gasteiger partial charge in [-0.15, -0.1) is 0 Å². The molecule has 6 heteroatoms. The molecule has 0 aromatic heterocycles. The molecule has 0 bridgehead atoms. The number of amides is 1. The molecular formula is C14H12BrFN2O2. The molecule has 0 saturated heterocycles.